The lowest BCUT2D eigenvalue weighted by molar-refractivity contribution is 0.101. The molecule has 0 aliphatic heterocycles. The summed E-state index contributed by atoms with van der Waals surface area (Å²) in [7, 11) is 1.97. The highest BCUT2D eigenvalue weighted by molar-refractivity contribution is 6.00. The van der Waals surface area contributed by atoms with Gasteiger partial charge in [0.15, 0.2) is 5.78 Å². The van der Waals surface area contributed by atoms with Crippen molar-refractivity contribution in [2.24, 2.45) is 5.92 Å². The first-order valence-electron chi connectivity index (χ1n) is 7.03. The van der Waals surface area contributed by atoms with E-state index in [-0.39, 0.29) is 11.3 Å². The second-order valence-corrected chi connectivity index (χ2v) is 5.71. The lowest BCUT2D eigenvalue weighted by atomic mass is 9.86. The minimum Gasteiger partial charge on any atom is -0.371 e. The summed E-state index contributed by atoms with van der Waals surface area (Å²) in [6.07, 6.45) is 4.65. The number of rotatable bonds is 3. The first-order chi connectivity index (χ1) is 9.00. The Labute approximate surface area is 114 Å². The highest BCUT2D eigenvalue weighted by atomic mass is 19.1. The molecule has 0 amide bonds. The first-order valence-corrected chi connectivity index (χ1v) is 7.03. The average Bonchev–Trinajstić information content (AvgIpc) is 2.38. The topological polar surface area (TPSA) is 20.3 Å². The number of anilines is 1. The Hall–Kier alpha value is -1.38. The van der Waals surface area contributed by atoms with Gasteiger partial charge in [0.25, 0.3) is 0 Å². The molecule has 0 atom stereocenters. The summed E-state index contributed by atoms with van der Waals surface area (Å²) >= 11 is 0. The van der Waals surface area contributed by atoms with E-state index in [1.807, 2.05) is 13.1 Å². The van der Waals surface area contributed by atoms with Crippen LogP contribution in [0.5, 0.6) is 0 Å². The van der Waals surface area contributed by atoms with Crippen LogP contribution in [0.3, 0.4) is 0 Å². The minimum atomic E-state index is -0.416. The number of ketones is 1. The van der Waals surface area contributed by atoms with Gasteiger partial charge in [0.2, 0.25) is 0 Å². The minimum absolute atomic E-state index is 0.205. The molecule has 0 spiro atoms. The van der Waals surface area contributed by atoms with E-state index in [2.05, 4.69) is 11.8 Å². The van der Waals surface area contributed by atoms with Crippen molar-refractivity contribution in [2.45, 2.75) is 45.6 Å². The summed E-state index contributed by atoms with van der Waals surface area (Å²) in [5.74, 6) is 0.162. The van der Waals surface area contributed by atoms with Gasteiger partial charge in [-0.1, -0.05) is 13.0 Å². The molecule has 1 aliphatic rings. The SMILES string of the molecule is CC(=O)c1c(F)cccc1N(C)C1CCC(C)CC1. The fourth-order valence-electron chi connectivity index (χ4n) is 2.98. The fraction of sp³-hybridized carbons (Fsp3) is 0.562. The predicted octanol–water partition coefficient (Wildman–Crippen LogP) is 4.04. The third-order valence-corrected chi connectivity index (χ3v) is 4.26. The maximum Gasteiger partial charge on any atom is 0.164 e. The van der Waals surface area contributed by atoms with E-state index in [1.165, 1.54) is 25.8 Å². The number of halogens is 1. The molecule has 3 heteroatoms. The Balaban J connectivity index is 2.26. The molecule has 2 rings (SSSR count). The van der Waals surface area contributed by atoms with E-state index in [0.717, 1.165) is 24.4 Å². The summed E-state index contributed by atoms with van der Waals surface area (Å²) in [5.41, 5.74) is 0.954. The zero-order chi connectivity index (χ0) is 14.0. The lowest BCUT2D eigenvalue weighted by Gasteiger charge is -2.35. The van der Waals surface area contributed by atoms with E-state index < -0.39 is 5.82 Å². The van der Waals surface area contributed by atoms with Crippen LogP contribution in [0.25, 0.3) is 0 Å². The normalized spacial score (nSPS) is 23.2. The molecule has 0 bridgehead atoms. The molecule has 0 unspecified atom stereocenters. The number of carbonyl (C=O) groups excluding carboxylic acids is 1. The molecule has 1 fully saturated rings. The summed E-state index contributed by atoms with van der Waals surface area (Å²) in [5, 5.41) is 0. The van der Waals surface area contributed by atoms with Crippen LogP contribution in [-0.2, 0) is 0 Å². The van der Waals surface area contributed by atoms with Crippen molar-refractivity contribution in [3.05, 3.63) is 29.6 Å². The number of benzene rings is 1. The molecular formula is C16H22FNO. The van der Waals surface area contributed by atoms with E-state index in [9.17, 15) is 9.18 Å². The molecule has 0 aromatic heterocycles. The zero-order valence-corrected chi connectivity index (χ0v) is 11.9. The number of carbonyl (C=O) groups is 1. The largest absolute Gasteiger partial charge is 0.371 e. The molecule has 1 saturated carbocycles. The summed E-state index contributed by atoms with van der Waals surface area (Å²) in [6, 6.07) is 5.30. The number of Topliss-reactive ketones (excluding diaryl/α,β-unsaturated/α-hetero) is 1. The van der Waals surface area contributed by atoms with Gasteiger partial charge in [-0.15, -0.1) is 0 Å². The van der Waals surface area contributed by atoms with Gasteiger partial charge in [-0.25, -0.2) is 4.39 Å². The Morgan fingerprint density at radius 2 is 1.89 bits per heavy atom. The predicted molar refractivity (Wildman–Crippen MR) is 76.2 cm³/mol. The standard InChI is InChI=1S/C16H22FNO/c1-11-7-9-13(10-8-11)18(3)15-6-4-5-14(17)16(15)12(2)19/h4-6,11,13H,7-10H2,1-3H3. The third kappa shape index (κ3) is 2.96. The van der Waals surface area contributed by atoms with Crippen LogP contribution in [0.4, 0.5) is 10.1 Å². The molecule has 2 nitrogen and oxygen atoms in total. The second-order valence-electron chi connectivity index (χ2n) is 5.71. The molecule has 0 N–H and O–H groups in total. The zero-order valence-electron chi connectivity index (χ0n) is 11.9. The fourth-order valence-corrected chi connectivity index (χ4v) is 2.98. The Bertz CT molecular complexity index is 464. The number of nitrogens with zero attached hydrogens (tertiary/aromatic N) is 1. The quantitative estimate of drug-likeness (QED) is 0.767. The Morgan fingerprint density at radius 3 is 2.47 bits per heavy atom. The van der Waals surface area contributed by atoms with Gasteiger partial charge in [-0.3, -0.25) is 4.79 Å². The Morgan fingerprint density at radius 1 is 1.26 bits per heavy atom. The maximum absolute atomic E-state index is 13.8. The number of hydrogen-bond donors (Lipinski definition) is 0. The van der Waals surface area contributed by atoms with Crippen LogP contribution in [0, 0.1) is 11.7 Å². The monoisotopic (exact) mass is 263 g/mol. The lowest BCUT2D eigenvalue weighted by Crippen LogP contribution is -2.35. The number of hydrogen-bond acceptors (Lipinski definition) is 2. The third-order valence-electron chi connectivity index (χ3n) is 4.26. The molecule has 19 heavy (non-hydrogen) atoms. The van der Waals surface area contributed by atoms with E-state index in [0.29, 0.717) is 6.04 Å². The van der Waals surface area contributed by atoms with Gasteiger partial charge in [-0.2, -0.15) is 0 Å². The van der Waals surface area contributed by atoms with Crippen molar-refractivity contribution >= 4 is 11.5 Å². The smallest absolute Gasteiger partial charge is 0.164 e. The van der Waals surface area contributed by atoms with Crippen molar-refractivity contribution in [1.82, 2.24) is 0 Å². The van der Waals surface area contributed by atoms with Crippen molar-refractivity contribution in [3.63, 3.8) is 0 Å². The highest BCUT2D eigenvalue weighted by Gasteiger charge is 2.25. The molecule has 0 heterocycles. The van der Waals surface area contributed by atoms with Crippen molar-refractivity contribution < 1.29 is 9.18 Å². The average molecular weight is 263 g/mol. The van der Waals surface area contributed by atoms with E-state index in [4.69, 9.17) is 0 Å². The molecule has 1 aliphatic carbocycles. The van der Waals surface area contributed by atoms with Crippen molar-refractivity contribution in [3.8, 4) is 0 Å². The van der Waals surface area contributed by atoms with Crippen LogP contribution < -0.4 is 4.90 Å². The first kappa shape index (κ1) is 14.0. The molecule has 0 radical (unpaired) electrons. The van der Waals surface area contributed by atoms with Crippen LogP contribution >= 0.6 is 0 Å². The molecule has 0 saturated heterocycles. The summed E-state index contributed by atoms with van der Waals surface area (Å²) < 4.78 is 13.8. The molecular weight excluding hydrogens is 241 g/mol. The molecule has 1 aromatic rings. The maximum atomic E-state index is 13.8. The molecule has 1 aromatic carbocycles. The van der Waals surface area contributed by atoms with Crippen LogP contribution in [0.1, 0.15) is 49.9 Å². The van der Waals surface area contributed by atoms with Gasteiger partial charge >= 0.3 is 0 Å². The summed E-state index contributed by atoms with van der Waals surface area (Å²) in [6.45, 7) is 3.71. The summed E-state index contributed by atoms with van der Waals surface area (Å²) in [4.78, 5) is 13.7. The van der Waals surface area contributed by atoms with Crippen LogP contribution in [-0.4, -0.2) is 18.9 Å². The van der Waals surface area contributed by atoms with Gasteiger partial charge in [-0.05, 0) is 50.7 Å². The van der Waals surface area contributed by atoms with Gasteiger partial charge in [0.1, 0.15) is 5.82 Å². The van der Waals surface area contributed by atoms with Gasteiger partial charge in [0, 0.05) is 13.1 Å². The van der Waals surface area contributed by atoms with Crippen molar-refractivity contribution in [1.29, 1.82) is 0 Å². The van der Waals surface area contributed by atoms with E-state index in [1.54, 1.807) is 6.07 Å². The van der Waals surface area contributed by atoms with Crippen LogP contribution in [0.2, 0.25) is 0 Å². The van der Waals surface area contributed by atoms with E-state index >= 15 is 0 Å². The molecule has 104 valence electrons. The van der Waals surface area contributed by atoms with Crippen molar-refractivity contribution in [2.75, 3.05) is 11.9 Å². The Kier molecular flexibility index (Phi) is 4.23. The van der Waals surface area contributed by atoms with Crippen LogP contribution in [0.15, 0.2) is 18.2 Å². The second kappa shape index (κ2) is 5.72. The highest BCUT2D eigenvalue weighted by Crippen LogP contribution is 2.31. The van der Waals surface area contributed by atoms with Gasteiger partial charge in [0.05, 0.1) is 11.3 Å². The van der Waals surface area contributed by atoms with Gasteiger partial charge < -0.3 is 4.90 Å².